The topological polar surface area (TPSA) is 49.4 Å². The molecule has 0 saturated carbocycles. The number of hydrogen-bond donors (Lipinski definition) is 1. The van der Waals surface area contributed by atoms with Crippen molar-refractivity contribution >= 4 is 10.0 Å². The molecular weight excluding hydrogens is 248 g/mol. The van der Waals surface area contributed by atoms with Gasteiger partial charge in [-0.1, -0.05) is 18.2 Å². The Labute approximate surface area is 109 Å². The first-order valence-corrected chi connectivity index (χ1v) is 7.58. The quantitative estimate of drug-likeness (QED) is 0.881. The highest BCUT2D eigenvalue weighted by Gasteiger charge is 2.34. The van der Waals surface area contributed by atoms with Gasteiger partial charge in [-0.2, -0.15) is 4.31 Å². The largest absolute Gasteiger partial charge is 0.309 e. The number of aryl methyl sites for hydroxylation is 1. The van der Waals surface area contributed by atoms with Crippen LogP contribution in [0.4, 0.5) is 0 Å². The minimum atomic E-state index is -3.37. The molecule has 18 heavy (non-hydrogen) atoms. The Balaban J connectivity index is 2.35. The monoisotopic (exact) mass is 268 g/mol. The van der Waals surface area contributed by atoms with Gasteiger partial charge in [-0.3, -0.25) is 0 Å². The van der Waals surface area contributed by atoms with Crippen molar-refractivity contribution in [2.24, 2.45) is 0 Å². The summed E-state index contributed by atoms with van der Waals surface area (Å²) < 4.78 is 26.8. The Hall–Kier alpha value is -0.910. The van der Waals surface area contributed by atoms with Crippen LogP contribution in [0.5, 0.6) is 0 Å². The Morgan fingerprint density at radius 2 is 1.94 bits per heavy atom. The van der Waals surface area contributed by atoms with Crippen LogP contribution in [-0.4, -0.2) is 37.9 Å². The molecule has 0 bridgehead atoms. The molecule has 1 aliphatic heterocycles. The molecule has 0 spiro atoms. The SMILES string of the molecule is Cc1ccccc1S(=O)(=O)N1CCNC(C)(C)C1. The summed E-state index contributed by atoms with van der Waals surface area (Å²) in [6.07, 6.45) is 0. The van der Waals surface area contributed by atoms with Crippen LogP contribution in [0, 0.1) is 6.92 Å². The Kier molecular flexibility index (Phi) is 3.49. The summed E-state index contributed by atoms with van der Waals surface area (Å²) in [4.78, 5) is 0.419. The molecule has 0 amide bonds. The third-order valence-corrected chi connectivity index (χ3v) is 5.25. The van der Waals surface area contributed by atoms with E-state index in [4.69, 9.17) is 0 Å². The average molecular weight is 268 g/mol. The van der Waals surface area contributed by atoms with Crippen molar-refractivity contribution in [2.75, 3.05) is 19.6 Å². The van der Waals surface area contributed by atoms with Gasteiger partial charge >= 0.3 is 0 Å². The van der Waals surface area contributed by atoms with Crippen molar-refractivity contribution in [3.8, 4) is 0 Å². The van der Waals surface area contributed by atoms with Gasteiger partial charge in [0, 0.05) is 25.2 Å². The van der Waals surface area contributed by atoms with Crippen LogP contribution in [-0.2, 0) is 10.0 Å². The predicted molar refractivity (Wildman–Crippen MR) is 72.0 cm³/mol. The highest BCUT2D eigenvalue weighted by atomic mass is 32.2. The maximum absolute atomic E-state index is 12.6. The van der Waals surface area contributed by atoms with Gasteiger partial charge < -0.3 is 5.32 Å². The standard InChI is InChI=1S/C13H20N2O2S/c1-11-6-4-5-7-12(11)18(16,17)15-9-8-14-13(2,3)10-15/h4-7,14H,8-10H2,1-3H3. The van der Waals surface area contributed by atoms with Crippen molar-refractivity contribution in [3.05, 3.63) is 29.8 Å². The minimum absolute atomic E-state index is 0.173. The number of rotatable bonds is 2. The molecule has 2 rings (SSSR count). The minimum Gasteiger partial charge on any atom is -0.309 e. The molecule has 1 saturated heterocycles. The molecule has 1 heterocycles. The fourth-order valence-corrected chi connectivity index (χ4v) is 4.11. The highest BCUT2D eigenvalue weighted by Crippen LogP contribution is 2.22. The first kappa shape index (κ1) is 13.5. The van der Waals surface area contributed by atoms with Gasteiger partial charge in [0.2, 0.25) is 10.0 Å². The van der Waals surface area contributed by atoms with Crippen molar-refractivity contribution < 1.29 is 8.42 Å². The molecule has 4 nitrogen and oxygen atoms in total. The summed E-state index contributed by atoms with van der Waals surface area (Å²) in [7, 11) is -3.37. The van der Waals surface area contributed by atoms with Gasteiger partial charge in [0.15, 0.2) is 0 Å². The molecule has 0 radical (unpaired) electrons. The molecule has 1 fully saturated rings. The molecule has 0 aromatic heterocycles. The third kappa shape index (κ3) is 2.58. The van der Waals surface area contributed by atoms with E-state index in [1.165, 1.54) is 0 Å². The molecule has 0 aliphatic carbocycles. The number of hydrogen-bond acceptors (Lipinski definition) is 3. The van der Waals surface area contributed by atoms with Gasteiger partial charge in [0.25, 0.3) is 0 Å². The first-order valence-electron chi connectivity index (χ1n) is 6.14. The summed E-state index contributed by atoms with van der Waals surface area (Å²) in [6.45, 7) is 7.60. The van der Waals surface area contributed by atoms with Gasteiger partial charge in [-0.25, -0.2) is 8.42 Å². The van der Waals surface area contributed by atoms with E-state index in [-0.39, 0.29) is 5.54 Å². The zero-order valence-corrected chi connectivity index (χ0v) is 11.9. The molecular formula is C13H20N2O2S. The van der Waals surface area contributed by atoms with E-state index in [0.717, 1.165) is 5.56 Å². The molecule has 5 heteroatoms. The summed E-state index contributed by atoms with van der Waals surface area (Å²) in [5.41, 5.74) is 0.627. The van der Waals surface area contributed by atoms with E-state index in [9.17, 15) is 8.42 Å². The summed E-state index contributed by atoms with van der Waals surface area (Å²) in [5.74, 6) is 0. The Morgan fingerprint density at radius 1 is 1.28 bits per heavy atom. The number of nitrogens with zero attached hydrogens (tertiary/aromatic N) is 1. The fraction of sp³-hybridized carbons (Fsp3) is 0.538. The van der Waals surface area contributed by atoms with Crippen LogP contribution < -0.4 is 5.32 Å². The lowest BCUT2D eigenvalue weighted by Gasteiger charge is -2.38. The lowest BCUT2D eigenvalue weighted by Crippen LogP contribution is -2.58. The maximum atomic E-state index is 12.6. The van der Waals surface area contributed by atoms with Crippen LogP contribution in [0.1, 0.15) is 19.4 Å². The highest BCUT2D eigenvalue weighted by molar-refractivity contribution is 7.89. The van der Waals surface area contributed by atoms with Crippen molar-refractivity contribution in [2.45, 2.75) is 31.2 Å². The molecule has 1 aromatic rings. The van der Waals surface area contributed by atoms with Gasteiger partial charge in [0.05, 0.1) is 4.90 Å². The maximum Gasteiger partial charge on any atom is 0.243 e. The van der Waals surface area contributed by atoms with Crippen LogP contribution in [0.15, 0.2) is 29.2 Å². The van der Waals surface area contributed by atoms with E-state index in [1.54, 1.807) is 16.4 Å². The summed E-state index contributed by atoms with van der Waals surface area (Å²) >= 11 is 0. The zero-order chi connectivity index (χ0) is 13.4. The Bertz CT molecular complexity index is 538. The van der Waals surface area contributed by atoms with E-state index in [0.29, 0.717) is 24.5 Å². The van der Waals surface area contributed by atoms with Crippen molar-refractivity contribution in [3.63, 3.8) is 0 Å². The second kappa shape index (κ2) is 4.64. The summed E-state index contributed by atoms with van der Waals surface area (Å²) in [6, 6.07) is 7.14. The molecule has 0 atom stereocenters. The molecule has 100 valence electrons. The molecule has 1 aliphatic rings. The van der Waals surface area contributed by atoms with Gasteiger partial charge in [0.1, 0.15) is 0 Å². The average Bonchev–Trinajstić information content (AvgIpc) is 2.28. The van der Waals surface area contributed by atoms with Gasteiger partial charge in [-0.05, 0) is 32.4 Å². The molecule has 1 aromatic carbocycles. The molecule has 1 N–H and O–H groups in total. The number of nitrogens with one attached hydrogen (secondary N) is 1. The van der Waals surface area contributed by atoms with E-state index < -0.39 is 10.0 Å². The second-order valence-electron chi connectivity index (χ2n) is 5.41. The van der Waals surface area contributed by atoms with Crippen LogP contribution in [0.2, 0.25) is 0 Å². The lowest BCUT2D eigenvalue weighted by molar-refractivity contribution is 0.233. The van der Waals surface area contributed by atoms with Gasteiger partial charge in [-0.15, -0.1) is 0 Å². The van der Waals surface area contributed by atoms with E-state index in [2.05, 4.69) is 5.32 Å². The van der Waals surface area contributed by atoms with Crippen molar-refractivity contribution in [1.82, 2.24) is 9.62 Å². The number of sulfonamides is 1. The van der Waals surface area contributed by atoms with E-state index >= 15 is 0 Å². The summed E-state index contributed by atoms with van der Waals surface area (Å²) in [5, 5.41) is 3.32. The van der Waals surface area contributed by atoms with Crippen LogP contribution in [0.25, 0.3) is 0 Å². The normalized spacial score (nSPS) is 20.8. The number of piperazine rings is 1. The van der Waals surface area contributed by atoms with Crippen molar-refractivity contribution in [1.29, 1.82) is 0 Å². The van der Waals surface area contributed by atoms with Crippen LogP contribution in [0.3, 0.4) is 0 Å². The molecule has 0 unspecified atom stereocenters. The Morgan fingerprint density at radius 3 is 2.56 bits per heavy atom. The fourth-order valence-electron chi connectivity index (χ4n) is 2.28. The lowest BCUT2D eigenvalue weighted by atomic mass is 10.0. The number of benzene rings is 1. The zero-order valence-electron chi connectivity index (χ0n) is 11.1. The predicted octanol–water partition coefficient (Wildman–Crippen LogP) is 1.37. The first-order chi connectivity index (χ1) is 8.33. The van der Waals surface area contributed by atoms with Crippen LogP contribution >= 0.6 is 0 Å². The smallest absolute Gasteiger partial charge is 0.243 e. The third-order valence-electron chi connectivity index (χ3n) is 3.25. The van der Waals surface area contributed by atoms with E-state index in [1.807, 2.05) is 32.9 Å². The second-order valence-corrected chi connectivity index (χ2v) is 7.32.